The normalized spacial score (nSPS) is 10.6. The summed E-state index contributed by atoms with van der Waals surface area (Å²) in [7, 11) is 0. The van der Waals surface area contributed by atoms with Crippen LogP contribution in [-0.4, -0.2) is 5.78 Å². The summed E-state index contributed by atoms with van der Waals surface area (Å²) < 4.78 is 26.9. The van der Waals surface area contributed by atoms with Crippen molar-refractivity contribution in [2.24, 2.45) is 0 Å². The van der Waals surface area contributed by atoms with Crippen LogP contribution in [0.3, 0.4) is 0 Å². The molecule has 1 aromatic carbocycles. The molecule has 0 N–H and O–H groups in total. The molecule has 0 unspecified atom stereocenters. The zero-order valence-corrected chi connectivity index (χ0v) is 10.2. The first-order valence-electron chi connectivity index (χ1n) is 5.06. The third-order valence-electron chi connectivity index (χ3n) is 2.58. The number of thiophene rings is 1. The third kappa shape index (κ3) is 2.13. The minimum absolute atomic E-state index is 0.365. The molecule has 1 heterocycles. The van der Waals surface area contributed by atoms with Crippen LogP contribution < -0.4 is 0 Å². The van der Waals surface area contributed by atoms with E-state index in [-0.39, 0.29) is 0 Å². The predicted molar refractivity (Wildman–Crippen MR) is 63.6 cm³/mol. The lowest BCUT2D eigenvalue weighted by atomic mass is 10.1. The standard InChI is InChI=1S/C13H10F2OS/c1-7-6-11(17-8(7)2)13(16)12-9(14)4-3-5-10(12)15/h3-6H,1-2H3. The molecule has 0 bridgehead atoms. The van der Waals surface area contributed by atoms with E-state index in [1.165, 1.54) is 17.4 Å². The summed E-state index contributed by atoms with van der Waals surface area (Å²) in [6, 6.07) is 5.08. The highest BCUT2D eigenvalue weighted by Gasteiger charge is 2.20. The van der Waals surface area contributed by atoms with E-state index in [1.54, 1.807) is 6.07 Å². The Morgan fingerprint density at radius 3 is 2.24 bits per heavy atom. The van der Waals surface area contributed by atoms with Crippen molar-refractivity contribution < 1.29 is 13.6 Å². The van der Waals surface area contributed by atoms with Gasteiger partial charge in [0.05, 0.1) is 10.4 Å². The summed E-state index contributed by atoms with van der Waals surface area (Å²) in [6.07, 6.45) is 0. The van der Waals surface area contributed by atoms with Gasteiger partial charge in [0, 0.05) is 4.88 Å². The highest BCUT2D eigenvalue weighted by atomic mass is 32.1. The van der Waals surface area contributed by atoms with E-state index in [0.29, 0.717) is 4.88 Å². The van der Waals surface area contributed by atoms with Crippen molar-refractivity contribution in [3.8, 4) is 0 Å². The maximum Gasteiger partial charge on any atom is 0.208 e. The molecular weight excluding hydrogens is 242 g/mol. The zero-order chi connectivity index (χ0) is 12.6. The van der Waals surface area contributed by atoms with Gasteiger partial charge in [-0.1, -0.05) is 6.07 Å². The van der Waals surface area contributed by atoms with Gasteiger partial charge in [0.2, 0.25) is 5.78 Å². The maximum absolute atomic E-state index is 13.4. The molecule has 4 heteroatoms. The molecule has 0 amide bonds. The van der Waals surface area contributed by atoms with E-state index in [1.807, 2.05) is 13.8 Å². The molecule has 0 aliphatic heterocycles. The van der Waals surface area contributed by atoms with Crippen molar-refractivity contribution in [3.05, 3.63) is 56.8 Å². The lowest BCUT2D eigenvalue weighted by molar-refractivity contribution is 0.103. The molecule has 0 spiro atoms. The summed E-state index contributed by atoms with van der Waals surface area (Å²) in [6.45, 7) is 3.73. The number of hydrogen-bond donors (Lipinski definition) is 0. The number of carbonyl (C=O) groups is 1. The van der Waals surface area contributed by atoms with E-state index in [0.717, 1.165) is 22.6 Å². The molecule has 0 saturated heterocycles. The molecule has 0 aliphatic carbocycles. The molecule has 1 nitrogen and oxygen atoms in total. The van der Waals surface area contributed by atoms with Crippen LogP contribution in [0.2, 0.25) is 0 Å². The number of rotatable bonds is 2. The number of aryl methyl sites for hydroxylation is 2. The number of halogens is 2. The highest BCUT2D eigenvalue weighted by Crippen LogP contribution is 2.25. The van der Waals surface area contributed by atoms with Crippen molar-refractivity contribution >= 4 is 17.1 Å². The number of ketones is 1. The zero-order valence-electron chi connectivity index (χ0n) is 9.38. The third-order valence-corrected chi connectivity index (χ3v) is 3.73. The van der Waals surface area contributed by atoms with Gasteiger partial charge in [-0.15, -0.1) is 11.3 Å². The van der Waals surface area contributed by atoms with Gasteiger partial charge < -0.3 is 0 Å². The maximum atomic E-state index is 13.4. The summed E-state index contributed by atoms with van der Waals surface area (Å²) in [5, 5.41) is 0. The number of carbonyl (C=O) groups excluding carboxylic acids is 1. The number of benzene rings is 1. The monoisotopic (exact) mass is 252 g/mol. The van der Waals surface area contributed by atoms with Gasteiger partial charge in [0.1, 0.15) is 11.6 Å². The van der Waals surface area contributed by atoms with Gasteiger partial charge in [-0.25, -0.2) is 8.78 Å². The second-order valence-corrected chi connectivity index (χ2v) is 5.03. The molecular formula is C13H10F2OS. The van der Waals surface area contributed by atoms with Crippen LogP contribution >= 0.6 is 11.3 Å². The van der Waals surface area contributed by atoms with Crippen molar-refractivity contribution in [2.45, 2.75) is 13.8 Å². The van der Waals surface area contributed by atoms with E-state index < -0.39 is 23.0 Å². The molecule has 2 rings (SSSR count). The fourth-order valence-electron chi connectivity index (χ4n) is 1.52. The SMILES string of the molecule is Cc1cc(C(=O)c2c(F)cccc2F)sc1C. The molecule has 0 saturated carbocycles. The first-order chi connectivity index (χ1) is 8.00. The quantitative estimate of drug-likeness (QED) is 0.741. The fraction of sp³-hybridized carbons (Fsp3) is 0.154. The first kappa shape index (κ1) is 11.9. The van der Waals surface area contributed by atoms with E-state index >= 15 is 0 Å². The largest absolute Gasteiger partial charge is 0.287 e. The van der Waals surface area contributed by atoms with Gasteiger partial charge in [0.15, 0.2) is 0 Å². The molecule has 1 aromatic heterocycles. The van der Waals surface area contributed by atoms with E-state index in [2.05, 4.69) is 0 Å². The number of hydrogen-bond acceptors (Lipinski definition) is 2. The highest BCUT2D eigenvalue weighted by molar-refractivity contribution is 7.14. The van der Waals surface area contributed by atoms with Crippen LogP contribution in [0.15, 0.2) is 24.3 Å². The summed E-state index contributed by atoms with van der Waals surface area (Å²) in [4.78, 5) is 13.3. The molecule has 0 atom stereocenters. The Bertz CT molecular complexity index is 547. The predicted octanol–water partition coefficient (Wildman–Crippen LogP) is 3.87. The lowest BCUT2D eigenvalue weighted by Crippen LogP contribution is -2.05. The van der Waals surface area contributed by atoms with Gasteiger partial charge in [-0.05, 0) is 37.6 Å². The second kappa shape index (κ2) is 4.37. The van der Waals surface area contributed by atoms with Gasteiger partial charge in [-0.2, -0.15) is 0 Å². The minimum atomic E-state index is -0.821. The first-order valence-corrected chi connectivity index (χ1v) is 5.88. The Morgan fingerprint density at radius 2 is 1.76 bits per heavy atom. The van der Waals surface area contributed by atoms with Crippen molar-refractivity contribution in [3.63, 3.8) is 0 Å². The van der Waals surface area contributed by atoms with Crippen molar-refractivity contribution in [1.82, 2.24) is 0 Å². The summed E-state index contributed by atoms with van der Waals surface area (Å²) in [5.74, 6) is -2.24. The fourth-order valence-corrected chi connectivity index (χ4v) is 2.50. The van der Waals surface area contributed by atoms with Gasteiger partial charge in [0.25, 0.3) is 0 Å². The van der Waals surface area contributed by atoms with Crippen molar-refractivity contribution in [2.75, 3.05) is 0 Å². The Balaban J connectivity index is 2.51. The van der Waals surface area contributed by atoms with Gasteiger partial charge >= 0.3 is 0 Å². The Labute approximate surface area is 102 Å². The molecule has 0 aliphatic rings. The summed E-state index contributed by atoms with van der Waals surface area (Å²) >= 11 is 1.25. The van der Waals surface area contributed by atoms with Crippen molar-refractivity contribution in [1.29, 1.82) is 0 Å². The van der Waals surface area contributed by atoms with E-state index in [4.69, 9.17) is 0 Å². The Hall–Kier alpha value is -1.55. The van der Waals surface area contributed by atoms with Crippen LogP contribution in [0.5, 0.6) is 0 Å². The van der Waals surface area contributed by atoms with Crippen LogP contribution in [0.1, 0.15) is 25.7 Å². The topological polar surface area (TPSA) is 17.1 Å². The second-order valence-electron chi connectivity index (χ2n) is 3.78. The molecule has 2 aromatic rings. The van der Waals surface area contributed by atoms with Crippen LogP contribution in [-0.2, 0) is 0 Å². The van der Waals surface area contributed by atoms with Crippen LogP contribution in [0, 0.1) is 25.5 Å². The molecule has 0 fully saturated rings. The summed E-state index contributed by atoms with van der Waals surface area (Å²) in [5.41, 5.74) is 0.476. The lowest BCUT2D eigenvalue weighted by Gasteiger charge is -2.01. The average molecular weight is 252 g/mol. The molecule has 17 heavy (non-hydrogen) atoms. The Kier molecular flexibility index (Phi) is 3.07. The molecule has 88 valence electrons. The molecule has 0 radical (unpaired) electrons. The average Bonchev–Trinajstić information content (AvgIpc) is 2.59. The van der Waals surface area contributed by atoms with Crippen LogP contribution in [0.4, 0.5) is 8.78 Å². The van der Waals surface area contributed by atoms with Gasteiger partial charge in [-0.3, -0.25) is 4.79 Å². The Morgan fingerprint density at radius 1 is 1.18 bits per heavy atom. The van der Waals surface area contributed by atoms with E-state index in [9.17, 15) is 13.6 Å². The van der Waals surface area contributed by atoms with Crippen LogP contribution in [0.25, 0.3) is 0 Å². The minimum Gasteiger partial charge on any atom is -0.287 e. The smallest absolute Gasteiger partial charge is 0.208 e.